The smallest absolute Gasteiger partial charge is 0.303 e. The van der Waals surface area contributed by atoms with Crippen LogP contribution in [0.3, 0.4) is 0 Å². The van der Waals surface area contributed by atoms with Crippen molar-refractivity contribution in [3.8, 4) is 17.6 Å². The highest BCUT2D eigenvalue weighted by molar-refractivity contribution is 5.66. The summed E-state index contributed by atoms with van der Waals surface area (Å²) in [5, 5.41) is 17.3. The van der Waals surface area contributed by atoms with Crippen LogP contribution in [-0.4, -0.2) is 24.3 Å². The second kappa shape index (κ2) is 6.50. The molecule has 5 nitrogen and oxygen atoms in total. The number of nitrogens with zero attached hydrogens (tertiary/aromatic N) is 1. The first-order valence-corrected chi connectivity index (χ1v) is 5.53. The lowest BCUT2D eigenvalue weighted by molar-refractivity contribution is -0.137. The minimum atomic E-state index is -0.850. The standard InChI is InChI=1S/C13H15NO4/c1-9(3-6-13(15)16)18-11-5-4-10(8-14)7-12(11)17-2/h4-5,7,9H,3,6H2,1-2H3,(H,15,16). The summed E-state index contributed by atoms with van der Waals surface area (Å²) in [5.74, 6) is 0.128. The van der Waals surface area contributed by atoms with Gasteiger partial charge in [0, 0.05) is 12.5 Å². The van der Waals surface area contributed by atoms with Crippen molar-refractivity contribution in [3.63, 3.8) is 0 Å². The van der Waals surface area contributed by atoms with Crippen molar-refractivity contribution in [2.45, 2.75) is 25.9 Å². The molecule has 0 spiro atoms. The van der Waals surface area contributed by atoms with Crippen LogP contribution in [0.4, 0.5) is 0 Å². The van der Waals surface area contributed by atoms with E-state index in [0.29, 0.717) is 23.5 Å². The number of carbonyl (C=O) groups is 1. The van der Waals surface area contributed by atoms with Gasteiger partial charge in [-0.15, -0.1) is 0 Å². The Balaban J connectivity index is 2.72. The normalized spacial score (nSPS) is 11.4. The van der Waals surface area contributed by atoms with Crippen LogP contribution >= 0.6 is 0 Å². The summed E-state index contributed by atoms with van der Waals surface area (Å²) in [6.45, 7) is 1.79. The van der Waals surface area contributed by atoms with Gasteiger partial charge >= 0.3 is 5.97 Å². The highest BCUT2D eigenvalue weighted by Gasteiger charge is 2.11. The molecule has 1 aromatic carbocycles. The molecule has 0 amide bonds. The molecule has 0 saturated heterocycles. The summed E-state index contributed by atoms with van der Waals surface area (Å²) >= 11 is 0. The van der Waals surface area contributed by atoms with E-state index >= 15 is 0 Å². The molecular weight excluding hydrogens is 234 g/mol. The molecule has 0 radical (unpaired) electrons. The third kappa shape index (κ3) is 3.98. The monoisotopic (exact) mass is 249 g/mol. The third-order valence-corrected chi connectivity index (χ3v) is 2.39. The van der Waals surface area contributed by atoms with Crippen LogP contribution in [0.5, 0.6) is 11.5 Å². The van der Waals surface area contributed by atoms with Crippen LogP contribution in [0.1, 0.15) is 25.3 Å². The molecule has 0 aliphatic rings. The summed E-state index contributed by atoms with van der Waals surface area (Å²) in [5.41, 5.74) is 0.484. The van der Waals surface area contributed by atoms with Gasteiger partial charge in [0.05, 0.1) is 24.8 Å². The molecule has 1 atom stereocenters. The Labute approximate surface area is 106 Å². The SMILES string of the molecule is COc1cc(C#N)ccc1OC(C)CCC(=O)O. The maximum Gasteiger partial charge on any atom is 0.303 e. The minimum absolute atomic E-state index is 0.0553. The van der Waals surface area contributed by atoms with E-state index in [0.717, 1.165) is 0 Å². The predicted molar refractivity (Wildman–Crippen MR) is 64.7 cm³/mol. The van der Waals surface area contributed by atoms with E-state index in [-0.39, 0.29) is 12.5 Å². The Morgan fingerprint density at radius 2 is 2.22 bits per heavy atom. The van der Waals surface area contributed by atoms with Gasteiger partial charge in [0.1, 0.15) is 0 Å². The third-order valence-electron chi connectivity index (χ3n) is 2.39. The predicted octanol–water partition coefficient (Wildman–Crippen LogP) is 2.20. The first-order chi connectivity index (χ1) is 8.56. The molecule has 1 unspecified atom stereocenters. The van der Waals surface area contributed by atoms with Gasteiger partial charge in [-0.25, -0.2) is 0 Å². The Hall–Kier alpha value is -2.22. The van der Waals surface area contributed by atoms with Gasteiger partial charge in [0.15, 0.2) is 11.5 Å². The fourth-order valence-electron chi connectivity index (χ4n) is 1.44. The van der Waals surface area contributed by atoms with Crippen molar-refractivity contribution >= 4 is 5.97 Å². The quantitative estimate of drug-likeness (QED) is 0.836. The summed E-state index contributed by atoms with van der Waals surface area (Å²) < 4.78 is 10.7. The highest BCUT2D eigenvalue weighted by atomic mass is 16.5. The second-order valence-electron chi connectivity index (χ2n) is 3.84. The lowest BCUT2D eigenvalue weighted by Crippen LogP contribution is -2.14. The Bertz CT molecular complexity index is 465. The number of hydrogen-bond donors (Lipinski definition) is 1. The molecule has 0 aromatic heterocycles. The number of ether oxygens (including phenoxy) is 2. The number of carboxylic acids is 1. The molecule has 5 heteroatoms. The summed E-state index contributed by atoms with van der Waals surface area (Å²) in [6, 6.07) is 6.87. The number of rotatable bonds is 6. The van der Waals surface area contributed by atoms with Crippen LogP contribution < -0.4 is 9.47 Å². The molecule has 0 bridgehead atoms. The van der Waals surface area contributed by atoms with E-state index in [2.05, 4.69) is 0 Å². The van der Waals surface area contributed by atoms with Crippen molar-refractivity contribution in [2.75, 3.05) is 7.11 Å². The number of methoxy groups -OCH3 is 1. The van der Waals surface area contributed by atoms with Crippen molar-refractivity contribution in [1.29, 1.82) is 5.26 Å². The molecule has 0 saturated carbocycles. The zero-order valence-corrected chi connectivity index (χ0v) is 10.3. The summed E-state index contributed by atoms with van der Waals surface area (Å²) in [4.78, 5) is 10.4. The molecule has 1 aromatic rings. The summed E-state index contributed by atoms with van der Waals surface area (Å²) in [6.07, 6.45) is 0.237. The number of nitriles is 1. The van der Waals surface area contributed by atoms with Gasteiger partial charge in [0.2, 0.25) is 0 Å². The molecule has 1 N–H and O–H groups in total. The lowest BCUT2D eigenvalue weighted by atomic mass is 10.2. The second-order valence-corrected chi connectivity index (χ2v) is 3.84. The van der Waals surface area contributed by atoms with Crippen molar-refractivity contribution < 1.29 is 19.4 Å². The highest BCUT2D eigenvalue weighted by Crippen LogP contribution is 2.29. The average Bonchev–Trinajstić information content (AvgIpc) is 2.36. The lowest BCUT2D eigenvalue weighted by Gasteiger charge is -2.16. The minimum Gasteiger partial charge on any atom is -0.493 e. The zero-order chi connectivity index (χ0) is 13.5. The molecule has 0 aliphatic carbocycles. The number of hydrogen-bond acceptors (Lipinski definition) is 4. The van der Waals surface area contributed by atoms with Crippen LogP contribution in [0.2, 0.25) is 0 Å². The van der Waals surface area contributed by atoms with E-state index in [9.17, 15) is 4.79 Å². The molecular formula is C13H15NO4. The summed E-state index contributed by atoms with van der Waals surface area (Å²) in [7, 11) is 1.49. The van der Waals surface area contributed by atoms with E-state index < -0.39 is 5.97 Å². The van der Waals surface area contributed by atoms with Crippen LogP contribution in [0.15, 0.2) is 18.2 Å². The largest absolute Gasteiger partial charge is 0.493 e. The van der Waals surface area contributed by atoms with Crippen molar-refractivity contribution in [3.05, 3.63) is 23.8 Å². The fourth-order valence-corrected chi connectivity index (χ4v) is 1.44. The maximum absolute atomic E-state index is 10.4. The number of aliphatic carboxylic acids is 1. The van der Waals surface area contributed by atoms with E-state index in [1.54, 1.807) is 25.1 Å². The molecule has 0 aliphatic heterocycles. The van der Waals surface area contributed by atoms with Gasteiger partial charge in [0.25, 0.3) is 0 Å². The van der Waals surface area contributed by atoms with E-state index in [1.807, 2.05) is 6.07 Å². The molecule has 18 heavy (non-hydrogen) atoms. The Kier molecular flexibility index (Phi) is 5.00. The first kappa shape index (κ1) is 13.8. The van der Waals surface area contributed by atoms with Gasteiger partial charge in [-0.05, 0) is 25.5 Å². The first-order valence-electron chi connectivity index (χ1n) is 5.53. The van der Waals surface area contributed by atoms with Gasteiger partial charge in [-0.3, -0.25) is 4.79 Å². The molecule has 0 heterocycles. The van der Waals surface area contributed by atoms with E-state index in [1.165, 1.54) is 7.11 Å². The Morgan fingerprint density at radius 1 is 1.50 bits per heavy atom. The van der Waals surface area contributed by atoms with Crippen molar-refractivity contribution in [2.24, 2.45) is 0 Å². The number of carboxylic acid groups (broad SMARTS) is 1. The fraction of sp³-hybridized carbons (Fsp3) is 0.385. The average molecular weight is 249 g/mol. The van der Waals surface area contributed by atoms with Crippen molar-refractivity contribution in [1.82, 2.24) is 0 Å². The zero-order valence-electron chi connectivity index (χ0n) is 10.3. The van der Waals surface area contributed by atoms with Gasteiger partial charge < -0.3 is 14.6 Å². The molecule has 1 rings (SSSR count). The van der Waals surface area contributed by atoms with Crippen LogP contribution in [-0.2, 0) is 4.79 Å². The molecule has 0 fully saturated rings. The van der Waals surface area contributed by atoms with Gasteiger partial charge in [-0.1, -0.05) is 0 Å². The Morgan fingerprint density at radius 3 is 2.78 bits per heavy atom. The maximum atomic E-state index is 10.4. The van der Waals surface area contributed by atoms with Gasteiger partial charge in [-0.2, -0.15) is 5.26 Å². The topological polar surface area (TPSA) is 79.5 Å². The van der Waals surface area contributed by atoms with Crippen LogP contribution in [0, 0.1) is 11.3 Å². The number of benzene rings is 1. The molecule has 96 valence electrons. The van der Waals surface area contributed by atoms with Crippen LogP contribution in [0.25, 0.3) is 0 Å². The van der Waals surface area contributed by atoms with E-state index in [4.69, 9.17) is 19.8 Å².